The minimum absolute atomic E-state index is 0.286. The Morgan fingerprint density at radius 1 is 0.933 bits per heavy atom. The Bertz CT molecular complexity index is 198. The molecule has 0 bridgehead atoms. The highest BCUT2D eigenvalue weighted by Crippen LogP contribution is 2.16. The van der Waals surface area contributed by atoms with Crippen molar-refractivity contribution in [3.8, 4) is 0 Å². The van der Waals surface area contributed by atoms with Crippen LogP contribution in [0, 0.1) is 11.8 Å². The largest absolute Gasteiger partial charge is 0.481 e. The molecule has 0 saturated heterocycles. The molecule has 2 atom stereocenters. The van der Waals surface area contributed by atoms with Gasteiger partial charge in [-0.2, -0.15) is 25.3 Å². The van der Waals surface area contributed by atoms with E-state index in [0.717, 1.165) is 0 Å². The Morgan fingerprint density at radius 2 is 1.27 bits per heavy atom. The fourth-order valence-electron chi connectivity index (χ4n) is 1.20. The van der Waals surface area contributed by atoms with Crippen LogP contribution in [0.3, 0.4) is 0 Å². The van der Waals surface area contributed by atoms with E-state index in [1.54, 1.807) is 0 Å². The maximum atomic E-state index is 10.6. The number of hydrogen-bond donors (Lipinski definition) is 4. The lowest BCUT2D eigenvalue weighted by Gasteiger charge is -2.11. The summed E-state index contributed by atoms with van der Waals surface area (Å²) in [5.41, 5.74) is 0. The highest BCUT2D eigenvalue weighted by molar-refractivity contribution is 7.80. The molecule has 0 rings (SSSR count). The summed E-state index contributed by atoms with van der Waals surface area (Å²) < 4.78 is 0. The molecule has 0 aromatic rings. The summed E-state index contributed by atoms with van der Waals surface area (Å²) in [6.07, 6.45) is 1.52. The van der Waals surface area contributed by atoms with Crippen molar-refractivity contribution < 1.29 is 19.8 Å². The summed E-state index contributed by atoms with van der Waals surface area (Å²) in [7, 11) is 0. The molecular formula is C9H16O4S2. The lowest BCUT2D eigenvalue weighted by molar-refractivity contribution is -0.141. The van der Waals surface area contributed by atoms with E-state index >= 15 is 0 Å². The Balaban J connectivity index is 3.85. The highest BCUT2D eigenvalue weighted by atomic mass is 32.1. The molecule has 15 heavy (non-hydrogen) atoms. The minimum atomic E-state index is -0.872. The van der Waals surface area contributed by atoms with Crippen LogP contribution < -0.4 is 0 Å². The van der Waals surface area contributed by atoms with E-state index in [1.165, 1.54) is 0 Å². The number of thiol groups is 2. The predicted octanol–water partition coefficient (Wildman–Crippen LogP) is 1.42. The van der Waals surface area contributed by atoms with Gasteiger partial charge in [-0.3, -0.25) is 9.59 Å². The third kappa shape index (κ3) is 5.94. The fraction of sp³-hybridized carbons (Fsp3) is 0.778. The maximum Gasteiger partial charge on any atom is 0.307 e. The molecule has 0 radical (unpaired) electrons. The monoisotopic (exact) mass is 252 g/mol. The molecular weight excluding hydrogens is 236 g/mol. The maximum absolute atomic E-state index is 10.6. The van der Waals surface area contributed by atoms with Crippen LogP contribution in [0.5, 0.6) is 0 Å². The van der Waals surface area contributed by atoms with Crippen LogP contribution in [0.25, 0.3) is 0 Å². The van der Waals surface area contributed by atoms with Gasteiger partial charge in [0.2, 0.25) is 0 Å². The van der Waals surface area contributed by atoms with Crippen LogP contribution in [0.2, 0.25) is 0 Å². The fourth-order valence-corrected chi connectivity index (χ4v) is 1.87. The number of rotatable bonds is 8. The van der Waals surface area contributed by atoms with Gasteiger partial charge in [-0.05, 0) is 12.8 Å². The molecule has 0 aliphatic rings. The molecule has 88 valence electrons. The second kappa shape index (κ2) is 7.87. The van der Waals surface area contributed by atoms with E-state index in [4.69, 9.17) is 10.2 Å². The molecule has 0 aromatic carbocycles. The van der Waals surface area contributed by atoms with Gasteiger partial charge in [-0.1, -0.05) is 6.42 Å². The molecule has 2 unspecified atom stereocenters. The van der Waals surface area contributed by atoms with Crippen molar-refractivity contribution in [3.63, 3.8) is 0 Å². The molecule has 0 aliphatic heterocycles. The van der Waals surface area contributed by atoms with Crippen molar-refractivity contribution in [2.75, 3.05) is 11.5 Å². The number of hydrogen-bond acceptors (Lipinski definition) is 4. The summed E-state index contributed by atoms with van der Waals surface area (Å²) in [6.45, 7) is 0. The smallest absolute Gasteiger partial charge is 0.307 e. The SMILES string of the molecule is O=C(O)C(CS)CCCC(CS)C(=O)O. The van der Waals surface area contributed by atoms with E-state index < -0.39 is 23.8 Å². The number of carboxylic acids is 2. The molecule has 0 fully saturated rings. The minimum Gasteiger partial charge on any atom is -0.481 e. The zero-order valence-electron chi connectivity index (χ0n) is 8.30. The Labute approximate surface area is 99.9 Å². The van der Waals surface area contributed by atoms with Crippen LogP contribution in [0.1, 0.15) is 19.3 Å². The van der Waals surface area contributed by atoms with Gasteiger partial charge in [0.15, 0.2) is 0 Å². The van der Waals surface area contributed by atoms with Crippen LogP contribution in [-0.2, 0) is 9.59 Å². The summed E-state index contributed by atoms with van der Waals surface area (Å²) in [5, 5.41) is 17.4. The molecule has 0 amide bonds. The molecule has 6 heteroatoms. The third-order valence-corrected chi connectivity index (χ3v) is 3.13. The van der Waals surface area contributed by atoms with E-state index in [9.17, 15) is 9.59 Å². The average molecular weight is 252 g/mol. The second-order valence-electron chi connectivity index (χ2n) is 3.37. The van der Waals surface area contributed by atoms with Crippen molar-refractivity contribution in [3.05, 3.63) is 0 Å². The number of carboxylic acid groups (broad SMARTS) is 2. The molecule has 0 heterocycles. The first-order valence-electron chi connectivity index (χ1n) is 4.70. The van der Waals surface area contributed by atoms with Crippen LogP contribution in [0.4, 0.5) is 0 Å². The summed E-state index contributed by atoms with van der Waals surface area (Å²) >= 11 is 7.86. The Kier molecular flexibility index (Phi) is 7.68. The number of aliphatic carboxylic acids is 2. The van der Waals surface area contributed by atoms with Gasteiger partial charge in [-0.15, -0.1) is 0 Å². The Morgan fingerprint density at radius 3 is 1.47 bits per heavy atom. The molecule has 0 aliphatic carbocycles. The predicted molar refractivity (Wildman–Crippen MR) is 63.8 cm³/mol. The van der Waals surface area contributed by atoms with Gasteiger partial charge in [-0.25, -0.2) is 0 Å². The molecule has 0 aromatic heterocycles. The first-order valence-corrected chi connectivity index (χ1v) is 5.96. The lowest BCUT2D eigenvalue weighted by Crippen LogP contribution is -2.18. The van der Waals surface area contributed by atoms with E-state index in [2.05, 4.69) is 25.3 Å². The van der Waals surface area contributed by atoms with Crippen LogP contribution in [-0.4, -0.2) is 33.7 Å². The van der Waals surface area contributed by atoms with Gasteiger partial charge in [0.05, 0.1) is 11.8 Å². The number of carbonyl (C=O) groups is 2. The first kappa shape index (κ1) is 14.6. The third-order valence-electron chi connectivity index (χ3n) is 2.24. The summed E-state index contributed by atoms with van der Waals surface area (Å²) in [4.78, 5) is 21.3. The van der Waals surface area contributed by atoms with E-state index in [1.807, 2.05) is 0 Å². The topological polar surface area (TPSA) is 74.6 Å². The molecule has 0 spiro atoms. The van der Waals surface area contributed by atoms with Gasteiger partial charge in [0.25, 0.3) is 0 Å². The van der Waals surface area contributed by atoms with Crippen molar-refractivity contribution in [1.29, 1.82) is 0 Å². The summed E-state index contributed by atoms with van der Waals surface area (Å²) in [5.74, 6) is -2.14. The van der Waals surface area contributed by atoms with Crippen LogP contribution in [0.15, 0.2) is 0 Å². The second-order valence-corrected chi connectivity index (χ2v) is 4.10. The van der Waals surface area contributed by atoms with Crippen LogP contribution >= 0.6 is 25.3 Å². The van der Waals surface area contributed by atoms with Crippen molar-refractivity contribution in [2.45, 2.75) is 19.3 Å². The van der Waals surface area contributed by atoms with Gasteiger partial charge < -0.3 is 10.2 Å². The van der Waals surface area contributed by atoms with Gasteiger partial charge in [0.1, 0.15) is 0 Å². The standard InChI is InChI=1S/C9H16O4S2/c10-8(11)6(4-14)2-1-3-7(5-15)9(12)13/h6-7,14-15H,1-5H2,(H,10,11)(H,12,13). The average Bonchev–Trinajstić information content (AvgIpc) is 2.17. The van der Waals surface area contributed by atoms with Gasteiger partial charge >= 0.3 is 11.9 Å². The van der Waals surface area contributed by atoms with Crippen molar-refractivity contribution in [2.24, 2.45) is 11.8 Å². The van der Waals surface area contributed by atoms with E-state index in [0.29, 0.717) is 19.3 Å². The van der Waals surface area contributed by atoms with Crippen molar-refractivity contribution >= 4 is 37.2 Å². The normalized spacial score (nSPS) is 14.5. The Hall–Kier alpha value is -0.360. The zero-order chi connectivity index (χ0) is 11.8. The van der Waals surface area contributed by atoms with E-state index in [-0.39, 0.29) is 11.5 Å². The zero-order valence-corrected chi connectivity index (χ0v) is 10.1. The first-order chi connectivity index (χ1) is 7.02. The molecule has 4 nitrogen and oxygen atoms in total. The molecule has 2 N–H and O–H groups in total. The quantitative estimate of drug-likeness (QED) is 0.493. The van der Waals surface area contributed by atoms with Crippen molar-refractivity contribution in [1.82, 2.24) is 0 Å². The van der Waals surface area contributed by atoms with Gasteiger partial charge in [0, 0.05) is 11.5 Å². The lowest BCUT2D eigenvalue weighted by atomic mass is 9.98. The summed E-state index contributed by atoms with van der Waals surface area (Å²) in [6, 6.07) is 0. The molecule has 0 saturated carbocycles. The highest BCUT2D eigenvalue weighted by Gasteiger charge is 2.18.